The maximum absolute atomic E-state index is 12.3. The molecular weight excluding hydrogens is 234 g/mol. The summed E-state index contributed by atoms with van der Waals surface area (Å²) in [5, 5.41) is 11.4. The monoisotopic (exact) mass is 251 g/mol. The van der Waals surface area contributed by atoms with E-state index < -0.39 is 0 Å². The Bertz CT molecular complexity index is 463. The average Bonchev–Trinajstić information content (AvgIpc) is 3.10. The van der Waals surface area contributed by atoms with E-state index in [0.29, 0.717) is 24.3 Å². The molecule has 0 bridgehead atoms. The van der Waals surface area contributed by atoms with Gasteiger partial charge in [0.25, 0.3) is 5.91 Å². The van der Waals surface area contributed by atoms with Crippen molar-refractivity contribution in [2.45, 2.75) is 32.2 Å². The fourth-order valence-corrected chi connectivity index (χ4v) is 1.88. The molecule has 0 spiro atoms. The van der Waals surface area contributed by atoms with Crippen molar-refractivity contribution in [2.75, 3.05) is 6.54 Å². The van der Waals surface area contributed by atoms with E-state index in [-0.39, 0.29) is 17.8 Å². The fraction of sp³-hybridized carbons (Fsp3) is 0.500. The number of aryl methyl sites for hydroxylation is 1. The number of nitrogens with zero attached hydrogens (tertiary/aromatic N) is 2. The number of carbonyl (C=O) groups is 1. The molecule has 6 heteroatoms. The van der Waals surface area contributed by atoms with Gasteiger partial charge in [0.15, 0.2) is 0 Å². The standard InChI is InChI=1S/C12H17N3O3/c1-8-10(5-7-18-8)12(16)15(9-2-3-9)6-4-11(13)14-17/h5,7,9,17H,2-4,6H2,1H3,(H2,13,14). The van der Waals surface area contributed by atoms with Crippen molar-refractivity contribution in [3.05, 3.63) is 23.7 Å². The van der Waals surface area contributed by atoms with Crippen molar-refractivity contribution >= 4 is 11.7 Å². The Hall–Kier alpha value is -1.98. The summed E-state index contributed by atoms with van der Waals surface area (Å²) in [6.45, 7) is 2.23. The van der Waals surface area contributed by atoms with Crippen LogP contribution in [0.5, 0.6) is 0 Å². The molecule has 2 rings (SSSR count). The Kier molecular flexibility index (Phi) is 3.55. The molecular formula is C12H17N3O3. The van der Waals surface area contributed by atoms with Gasteiger partial charge in [-0.15, -0.1) is 0 Å². The zero-order chi connectivity index (χ0) is 13.1. The molecule has 3 N–H and O–H groups in total. The maximum atomic E-state index is 12.3. The van der Waals surface area contributed by atoms with Gasteiger partial charge in [0, 0.05) is 19.0 Å². The summed E-state index contributed by atoms with van der Waals surface area (Å²) >= 11 is 0. The van der Waals surface area contributed by atoms with E-state index in [9.17, 15) is 4.79 Å². The predicted octanol–water partition coefficient (Wildman–Crippen LogP) is 1.33. The van der Waals surface area contributed by atoms with E-state index in [1.165, 1.54) is 6.26 Å². The second-order valence-corrected chi connectivity index (χ2v) is 4.46. The minimum absolute atomic E-state index is 0.0468. The second-order valence-electron chi connectivity index (χ2n) is 4.46. The van der Waals surface area contributed by atoms with Gasteiger partial charge in [-0.25, -0.2) is 0 Å². The van der Waals surface area contributed by atoms with Crippen molar-refractivity contribution in [1.82, 2.24) is 4.90 Å². The Morgan fingerprint density at radius 3 is 2.89 bits per heavy atom. The van der Waals surface area contributed by atoms with Crippen LogP contribution in [0, 0.1) is 6.92 Å². The first-order valence-corrected chi connectivity index (χ1v) is 5.95. The molecule has 0 radical (unpaired) electrons. The first kappa shape index (κ1) is 12.5. The molecule has 0 aromatic carbocycles. The fourth-order valence-electron chi connectivity index (χ4n) is 1.88. The van der Waals surface area contributed by atoms with Gasteiger partial charge >= 0.3 is 0 Å². The van der Waals surface area contributed by atoms with Crippen LogP contribution in [-0.4, -0.2) is 34.4 Å². The Labute approximate surface area is 105 Å². The van der Waals surface area contributed by atoms with Gasteiger partial charge in [0.05, 0.1) is 11.8 Å². The topological polar surface area (TPSA) is 92.1 Å². The molecule has 1 aliphatic rings. The average molecular weight is 251 g/mol. The zero-order valence-electron chi connectivity index (χ0n) is 10.3. The van der Waals surface area contributed by atoms with E-state index in [1.54, 1.807) is 17.9 Å². The van der Waals surface area contributed by atoms with Gasteiger partial charge in [-0.05, 0) is 25.8 Å². The van der Waals surface area contributed by atoms with Crippen LogP contribution in [0.15, 0.2) is 21.9 Å². The van der Waals surface area contributed by atoms with Gasteiger partial charge in [0.2, 0.25) is 0 Å². The number of rotatable bonds is 5. The summed E-state index contributed by atoms with van der Waals surface area (Å²) in [6, 6.07) is 1.95. The van der Waals surface area contributed by atoms with E-state index in [4.69, 9.17) is 15.4 Å². The first-order valence-electron chi connectivity index (χ1n) is 5.95. The van der Waals surface area contributed by atoms with Crippen LogP contribution in [0.4, 0.5) is 0 Å². The lowest BCUT2D eigenvalue weighted by molar-refractivity contribution is 0.0745. The Morgan fingerprint density at radius 2 is 2.39 bits per heavy atom. The van der Waals surface area contributed by atoms with Gasteiger partial charge in [0.1, 0.15) is 11.6 Å². The van der Waals surface area contributed by atoms with Crippen molar-refractivity contribution in [3.8, 4) is 0 Å². The van der Waals surface area contributed by atoms with Crippen LogP contribution >= 0.6 is 0 Å². The minimum Gasteiger partial charge on any atom is -0.469 e. The van der Waals surface area contributed by atoms with Gasteiger partial charge in [-0.3, -0.25) is 4.79 Å². The van der Waals surface area contributed by atoms with Crippen molar-refractivity contribution in [2.24, 2.45) is 10.9 Å². The second kappa shape index (κ2) is 5.12. The SMILES string of the molecule is Cc1occc1C(=O)N(CCC(N)=NO)C1CC1. The number of carbonyl (C=O) groups excluding carboxylic acids is 1. The van der Waals surface area contributed by atoms with Crippen LogP contribution in [0.2, 0.25) is 0 Å². The number of hydrogen-bond donors (Lipinski definition) is 2. The molecule has 1 saturated carbocycles. The van der Waals surface area contributed by atoms with E-state index in [0.717, 1.165) is 12.8 Å². The lowest BCUT2D eigenvalue weighted by Gasteiger charge is -2.21. The Balaban J connectivity index is 2.06. The largest absolute Gasteiger partial charge is 0.469 e. The molecule has 0 saturated heterocycles. The molecule has 0 atom stereocenters. The molecule has 0 unspecified atom stereocenters. The summed E-state index contributed by atoms with van der Waals surface area (Å²) in [5.41, 5.74) is 6.02. The molecule has 1 aromatic heterocycles. The molecule has 1 aromatic rings. The van der Waals surface area contributed by atoms with Crippen LogP contribution in [0.3, 0.4) is 0 Å². The van der Waals surface area contributed by atoms with Gasteiger partial charge in [-0.2, -0.15) is 0 Å². The molecule has 0 aliphatic heterocycles. The summed E-state index contributed by atoms with van der Waals surface area (Å²) in [6.07, 6.45) is 3.91. The van der Waals surface area contributed by atoms with E-state index in [2.05, 4.69) is 5.16 Å². The van der Waals surface area contributed by atoms with Crippen LogP contribution in [0.25, 0.3) is 0 Å². The molecule has 1 amide bonds. The number of amides is 1. The van der Waals surface area contributed by atoms with Crippen molar-refractivity contribution < 1.29 is 14.4 Å². The highest BCUT2D eigenvalue weighted by molar-refractivity contribution is 5.95. The van der Waals surface area contributed by atoms with E-state index in [1.807, 2.05) is 0 Å². The summed E-state index contributed by atoms with van der Waals surface area (Å²) < 4.78 is 5.15. The highest BCUT2D eigenvalue weighted by Gasteiger charge is 2.33. The lowest BCUT2D eigenvalue weighted by atomic mass is 10.2. The number of amidine groups is 1. The lowest BCUT2D eigenvalue weighted by Crippen LogP contribution is -2.36. The molecule has 98 valence electrons. The summed E-state index contributed by atoms with van der Waals surface area (Å²) in [5.74, 6) is 0.710. The highest BCUT2D eigenvalue weighted by atomic mass is 16.4. The highest BCUT2D eigenvalue weighted by Crippen LogP contribution is 2.29. The third-order valence-corrected chi connectivity index (χ3v) is 3.08. The number of nitrogens with two attached hydrogens (primary N) is 1. The third kappa shape index (κ3) is 2.64. The molecule has 18 heavy (non-hydrogen) atoms. The molecule has 1 fully saturated rings. The van der Waals surface area contributed by atoms with Gasteiger partial charge < -0.3 is 20.3 Å². The van der Waals surface area contributed by atoms with Crippen molar-refractivity contribution in [1.29, 1.82) is 0 Å². The van der Waals surface area contributed by atoms with Crippen LogP contribution in [-0.2, 0) is 0 Å². The molecule has 1 aliphatic carbocycles. The number of furan rings is 1. The maximum Gasteiger partial charge on any atom is 0.257 e. The minimum atomic E-state index is -0.0468. The first-order chi connectivity index (χ1) is 8.63. The quantitative estimate of drug-likeness (QED) is 0.357. The normalized spacial score (nSPS) is 15.7. The van der Waals surface area contributed by atoms with E-state index >= 15 is 0 Å². The van der Waals surface area contributed by atoms with Crippen LogP contribution in [0.1, 0.15) is 35.4 Å². The molecule has 6 nitrogen and oxygen atoms in total. The van der Waals surface area contributed by atoms with Gasteiger partial charge in [-0.1, -0.05) is 5.16 Å². The van der Waals surface area contributed by atoms with Crippen molar-refractivity contribution in [3.63, 3.8) is 0 Å². The summed E-state index contributed by atoms with van der Waals surface area (Å²) in [4.78, 5) is 14.1. The Morgan fingerprint density at radius 1 is 1.67 bits per heavy atom. The molecule has 1 heterocycles. The predicted molar refractivity (Wildman–Crippen MR) is 65.5 cm³/mol. The smallest absolute Gasteiger partial charge is 0.257 e. The number of hydrogen-bond acceptors (Lipinski definition) is 4. The zero-order valence-corrected chi connectivity index (χ0v) is 10.3. The third-order valence-electron chi connectivity index (χ3n) is 3.08. The number of oxime groups is 1. The summed E-state index contributed by atoms with van der Waals surface area (Å²) in [7, 11) is 0. The van der Waals surface area contributed by atoms with Crippen LogP contribution < -0.4 is 5.73 Å².